The van der Waals surface area contributed by atoms with Gasteiger partial charge < -0.3 is 15.3 Å². The van der Waals surface area contributed by atoms with Crippen molar-refractivity contribution in [2.75, 3.05) is 24.3 Å². The van der Waals surface area contributed by atoms with Gasteiger partial charge in [0.1, 0.15) is 0 Å². The summed E-state index contributed by atoms with van der Waals surface area (Å²) < 4.78 is 0. The lowest BCUT2D eigenvalue weighted by atomic mass is 10.0. The van der Waals surface area contributed by atoms with Crippen LogP contribution in [0.2, 0.25) is 10.0 Å². The average Bonchev–Trinajstić information content (AvgIpc) is 2.73. The maximum atomic E-state index is 11.6. The molecule has 30 heavy (non-hydrogen) atoms. The summed E-state index contributed by atoms with van der Waals surface area (Å²) in [5.74, 6) is -0.946. The van der Waals surface area contributed by atoms with E-state index in [1.54, 1.807) is 6.07 Å². The molecule has 0 aromatic heterocycles. The number of anilines is 2. The average molecular weight is 443 g/mol. The fourth-order valence-electron chi connectivity index (χ4n) is 3.15. The maximum absolute atomic E-state index is 11.6. The van der Waals surface area contributed by atoms with Crippen LogP contribution < -0.4 is 10.2 Å². The van der Waals surface area contributed by atoms with Crippen molar-refractivity contribution in [3.05, 3.63) is 93.0 Å². The third-order valence-electron chi connectivity index (χ3n) is 4.94. The van der Waals surface area contributed by atoms with Crippen LogP contribution in [0.3, 0.4) is 0 Å². The molecule has 0 spiro atoms. The Morgan fingerprint density at radius 1 is 0.867 bits per heavy atom. The quantitative estimate of drug-likeness (QED) is 0.438. The number of hydrogen-bond donors (Lipinski definition) is 2. The number of rotatable bonds is 8. The number of aryl methyl sites for hydroxylation is 2. The third-order valence-corrected chi connectivity index (χ3v) is 5.68. The summed E-state index contributed by atoms with van der Waals surface area (Å²) in [5, 5.41) is 13.9. The lowest BCUT2D eigenvalue weighted by Gasteiger charge is -2.16. The minimum Gasteiger partial charge on any atom is -0.478 e. The van der Waals surface area contributed by atoms with E-state index >= 15 is 0 Å². The number of halogens is 2. The molecule has 3 rings (SSSR count). The number of nitrogens with zero attached hydrogens (tertiary/aromatic N) is 1. The number of carbonyl (C=O) groups is 1. The highest BCUT2D eigenvalue weighted by Crippen LogP contribution is 2.24. The van der Waals surface area contributed by atoms with Crippen LogP contribution in [0.25, 0.3) is 0 Å². The van der Waals surface area contributed by atoms with Crippen molar-refractivity contribution in [1.29, 1.82) is 0 Å². The number of benzene rings is 3. The van der Waals surface area contributed by atoms with Crippen molar-refractivity contribution < 1.29 is 9.90 Å². The molecule has 0 atom stereocenters. The molecule has 0 radical (unpaired) electrons. The van der Waals surface area contributed by atoms with E-state index < -0.39 is 5.97 Å². The van der Waals surface area contributed by atoms with Crippen LogP contribution >= 0.6 is 23.2 Å². The van der Waals surface area contributed by atoms with Crippen LogP contribution in [-0.4, -0.2) is 25.2 Å². The van der Waals surface area contributed by atoms with Gasteiger partial charge in [0.25, 0.3) is 0 Å². The molecule has 0 unspecified atom stereocenters. The smallest absolute Gasteiger partial charge is 0.337 e. The normalized spacial score (nSPS) is 10.7. The Hall–Kier alpha value is -2.69. The van der Waals surface area contributed by atoms with Gasteiger partial charge in [-0.05, 0) is 59.9 Å². The van der Waals surface area contributed by atoms with Gasteiger partial charge in [0.05, 0.1) is 15.6 Å². The van der Waals surface area contributed by atoms with E-state index in [2.05, 4.69) is 29.6 Å². The number of hydrogen-bond acceptors (Lipinski definition) is 3. The second kappa shape index (κ2) is 9.88. The predicted molar refractivity (Wildman–Crippen MR) is 125 cm³/mol. The van der Waals surface area contributed by atoms with Crippen molar-refractivity contribution in [2.24, 2.45) is 0 Å². The summed E-state index contributed by atoms with van der Waals surface area (Å²) in [6, 6.07) is 19.4. The van der Waals surface area contributed by atoms with Crippen LogP contribution in [0.4, 0.5) is 11.4 Å². The molecule has 0 amide bonds. The van der Waals surface area contributed by atoms with Gasteiger partial charge in [-0.1, -0.05) is 53.5 Å². The molecule has 6 heteroatoms. The van der Waals surface area contributed by atoms with E-state index in [0.717, 1.165) is 29.7 Å². The fraction of sp³-hybridized carbons (Fsp3) is 0.208. The van der Waals surface area contributed by atoms with Gasteiger partial charge in [-0.2, -0.15) is 0 Å². The molecule has 2 N–H and O–H groups in total. The highest BCUT2D eigenvalue weighted by molar-refractivity contribution is 6.42. The Morgan fingerprint density at radius 2 is 1.50 bits per heavy atom. The Morgan fingerprint density at radius 3 is 2.13 bits per heavy atom. The zero-order chi connectivity index (χ0) is 21.7. The van der Waals surface area contributed by atoms with Gasteiger partial charge in [-0.25, -0.2) is 4.79 Å². The van der Waals surface area contributed by atoms with Crippen LogP contribution in [0.5, 0.6) is 0 Å². The number of carboxylic acid groups (broad SMARTS) is 1. The third kappa shape index (κ3) is 5.68. The van der Waals surface area contributed by atoms with Crippen molar-refractivity contribution in [3.8, 4) is 0 Å². The minimum atomic E-state index is -0.946. The first-order valence-electron chi connectivity index (χ1n) is 9.64. The number of nitrogens with one attached hydrogen (secondary N) is 1. The zero-order valence-electron chi connectivity index (χ0n) is 17.0. The van der Waals surface area contributed by atoms with E-state index in [1.807, 2.05) is 49.3 Å². The molecule has 0 fully saturated rings. The van der Waals surface area contributed by atoms with Crippen molar-refractivity contribution >= 4 is 40.5 Å². The first kappa shape index (κ1) is 22.0. The highest BCUT2D eigenvalue weighted by Gasteiger charge is 2.12. The molecular formula is C24H24Cl2N2O2. The van der Waals surface area contributed by atoms with E-state index in [9.17, 15) is 9.90 Å². The first-order chi connectivity index (χ1) is 14.3. The van der Waals surface area contributed by atoms with E-state index in [-0.39, 0.29) is 5.56 Å². The summed E-state index contributed by atoms with van der Waals surface area (Å²) in [6.07, 6.45) is 1.79. The van der Waals surface area contributed by atoms with E-state index in [0.29, 0.717) is 22.3 Å². The zero-order valence-corrected chi connectivity index (χ0v) is 18.5. The van der Waals surface area contributed by atoms with Crippen molar-refractivity contribution in [1.82, 2.24) is 0 Å². The molecule has 0 aliphatic rings. The number of carboxylic acids is 1. The molecule has 156 valence electrons. The SMILES string of the molecule is CN(C)c1ccc(NCc2ccc(CCc3ccc(Cl)c(Cl)c3)cc2)c(C(=O)O)c1. The summed E-state index contributed by atoms with van der Waals surface area (Å²) in [4.78, 5) is 13.5. The Kier molecular flexibility index (Phi) is 7.24. The van der Waals surface area contributed by atoms with Crippen molar-refractivity contribution in [3.63, 3.8) is 0 Å². The van der Waals surface area contributed by atoms with Crippen LogP contribution in [0.15, 0.2) is 60.7 Å². The van der Waals surface area contributed by atoms with Gasteiger partial charge >= 0.3 is 5.97 Å². The fourth-order valence-corrected chi connectivity index (χ4v) is 3.47. The van der Waals surface area contributed by atoms with Gasteiger partial charge in [0.15, 0.2) is 0 Å². The van der Waals surface area contributed by atoms with Gasteiger partial charge in [0.2, 0.25) is 0 Å². The molecule has 3 aromatic rings. The summed E-state index contributed by atoms with van der Waals surface area (Å²) in [7, 11) is 3.77. The summed E-state index contributed by atoms with van der Waals surface area (Å²) in [6.45, 7) is 0.550. The lowest BCUT2D eigenvalue weighted by Crippen LogP contribution is -2.12. The van der Waals surface area contributed by atoms with Crippen molar-refractivity contribution in [2.45, 2.75) is 19.4 Å². The summed E-state index contributed by atoms with van der Waals surface area (Å²) in [5.41, 5.74) is 5.19. The standard InChI is InChI=1S/C24H24Cl2N2O2/c1-28(2)19-10-12-23(20(14-19)24(29)30)27-15-18-7-4-16(5-8-18)3-6-17-9-11-21(25)22(26)13-17/h4-5,7-14,27H,3,6,15H2,1-2H3,(H,29,30). The molecule has 0 heterocycles. The molecule has 4 nitrogen and oxygen atoms in total. The Balaban J connectivity index is 1.60. The lowest BCUT2D eigenvalue weighted by molar-refractivity contribution is 0.0698. The molecule has 0 saturated carbocycles. The minimum absolute atomic E-state index is 0.263. The summed E-state index contributed by atoms with van der Waals surface area (Å²) >= 11 is 12.0. The Labute approximate surface area is 187 Å². The van der Waals surface area contributed by atoms with E-state index in [4.69, 9.17) is 23.2 Å². The topological polar surface area (TPSA) is 52.6 Å². The van der Waals surface area contributed by atoms with Crippen LogP contribution in [-0.2, 0) is 19.4 Å². The van der Waals surface area contributed by atoms with E-state index in [1.165, 1.54) is 5.56 Å². The largest absolute Gasteiger partial charge is 0.478 e. The second-order valence-corrected chi connectivity index (χ2v) is 8.16. The highest BCUT2D eigenvalue weighted by atomic mass is 35.5. The molecule has 3 aromatic carbocycles. The van der Waals surface area contributed by atoms with Crippen LogP contribution in [0, 0.1) is 0 Å². The number of aromatic carboxylic acids is 1. The molecule has 0 aliphatic heterocycles. The first-order valence-corrected chi connectivity index (χ1v) is 10.4. The Bertz CT molecular complexity index is 1030. The molecule has 0 saturated heterocycles. The van der Waals surface area contributed by atoms with Gasteiger partial charge in [-0.15, -0.1) is 0 Å². The molecule has 0 bridgehead atoms. The van der Waals surface area contributed by atoms with Gasteiger partial charge in [0, 0.05) is 32.0 Å². The van der Waals surface area contributed by atoms with Crippen LogP contribution in [0.1, 0.15) is 27.0 Å². The molecule has 0 aliphatic carbocycles. The second-order valence-electron chi connectivity index (χ2n) is 7.35. The molecular weight excluding hydrogens is 419 g/mol. The monoisotopic (exact) mass is 442 g/mol. The predicted octanol–water partition coefficient (Wildman–Crippen LogP) is 6.15. The van der Waals surface area contributed by atoms with Gasteiger partial charge in [-0.3, -0.25) is 0 Å². The maximum Gasteiger partial charge on any atom is 0.337 e.